The molecule has 1 heterocycles. The minimum atomic E-state index is -1.70. The molecule has 0 aromatic carbocycles. The van der Waals surface area contributed by atoms with Crippen molar-refractivity contribution in [1.29, 1.82) is 0 Å². The van der Waals surface area contributed by atoms with Gasteiger partial charge in [-0.2, -0.15) is 0 Å². The lowest BCUT2D eigenvalue weighted by molar-refractivity contribution is -0.184. The Bertz CT molecular complexity index is 1220. The third-order valence-electron chi connectivity index (χ3n) is 10.6. The van der Waals surface area contributed by atoms with E-state index in [0.717, 1.165) is 30.4 Å². The summed E-state index contributed by atoms with van der Waals surface area (Å²) in [5.74, 6) is -1.22. The molecule has 1 amide bonds. The van der Waals surface area contributed by atoms with Crippen LogP contribution in [0.4, 0.5) is 0 Å². The van der Waals surface area contributed by atoms with E-state index in [9.17, 15) is 29.4 Å². The number of aromatic nitrogens is 1. The van der Waals surface area contributed by atoms with Crippen molar-refractivity contribution >= 4 is 23.4 Å². The van der Waals surface area contributed by atoms with E-state index < -0.39 is 35.5 Å². The van der Waals surface area contributed by atoms with Crippen LogP contribution in [0, 0.1) is 28.6 Å². The maximum Gasteiger partial charge on any atom is 0.306 e. The van der Waals surface area contributed by atoms with Crippen molar-refractivity contribution in [2.24, 2.45) is 28.6 Å². The predicted octanol–water partition coefficient (Wildman–Crippen LogP) is 2.82. The SMILES string of the molecule is C[C@]12CCC(=O)C=C1CC[C@@H]1[C@H]2[C@@H](O)C[C@@]2(C)[C@H]1CC[C@]2(O)C(=O)COC(=O)CCC(=O)NCc1cccnc1. The van der Waals surface area contributed by atoms with E-state index in [1.54, 1.807) is 24.5 Å². The molecule has 0 spiro atoms. The van der Waals surface area contributed by atoms with Gasteiger partial charge in [0.15, 0.2) is 12.4 Å². The second kappa shape index (κ2) is 10.8. The van der Waals surface area contributed by atoms with Crippen LogP contribution in [0.15, 0.2) is 36.2 Å². The molecule has 1 aromatic heterocycles. The second-order valence-electron chi connectivity index (χ2n) is 12.7. The second-order valence-corrected chi connectivity index (χ2v) is 12.7. The Labute approximate surface area is 234 Å². The van der Waals surface area contributed by atoms with Gasteiger partial charge in [0.1, 0.15) is 5.60 Å². The summed E-state index contributed by atoms with van der Waals surface area (Å²) in [5.41, 5.74) is -0.819. The van der Waals surface area contributed by atoms with E-state index in [0.29, 0.717) is 19.4 Å². The van der Waals surface area contributed by atoms with E-state index in [4.69, 9.17) is 4.74 Å². The molecule has 4 aliphatic rings. The topological polar surface area (TPSA) is 143 Å². The van der Waals surface area contributed by atoms with Gasteiger partial charge in [-0.3, -0.25) is 24.2 Å². The van der Waals surface area contributed by atoms with Crippen LogP contribution in [-0.2, 0) is 30.5 Å². The number of esters is 1. The molecule has 4 aliphatic carbocycles. The number of ether oxygens (including phenoxy) is 1. The maximum atomic E-state index is 13.4. The molecule has 9 heteroatoms. The third kappa shape index (κ3) is 4.91. The minimum absolute atomic E-state index is 0.0155. The zero-order chi connectivity index (χ0) is 28.7. The number of nitrogens with zero attached hydrogens (tertiary/aromatic N) is 1. The fourth-order valence-electron chi connectivity index (χ4n) is 8.50. The Hall–Kier alpha value is -2.91. The summed E-state index contributed by atoms with van der Waals surface area (Å²) in [6.07, 6.45) is 8.12. The average Bonchev–Trinajstić information content (AvgIpc) is 3.20. The molecule has 0 unspecified atom stereocenters. The number of carbonyl (C=O) groups is 4. The van der Waals surface area contributed by atoms with Crippen LogP contribution in [-0.4, -0.2) is 57.0 Å². The van der Waals surface area contributed by atoms with Crippen molar-refractivity contribution in [3.63, 3.8) is 0 Å². The van der Waals surface area contributed by atoms with Crippen molar-refractivity contribution in [2.75, 3.05) is 6.61 Å². The van der Waals surface area contributed by atoms with Crippen LogP contribution in [0.3, 0.4) is 0 Å². The first-order chi connectivity index (χ1) is 19.0. The van der Waals surface area contributed by atoms with Crippen LogP contribution in [0.5, 0.6) is 0 Å². The quantitative estimate of drug-likeness (QED) is 0.418. The standard InChI is InChI=1S/C31H40N2O7/c1-29-11-9-21(34)14-20(29)5-6-22-23-10-12-31(39,30(23,2)15-24(35)28(22)29)25(36)18-40-27(38)8-7-26(37)33-17-19-4-3-13-32-16-19/h3-4,13-14,16,22-24,28,35,39H,5-12,15,17-18H2,1-2H3,(H,33,37)/t22-,23-,24-,28-,29-,30-,31-/m0/s1. The van der Waals surface area contributed by atoms with Crippen LogP contribution in [0.1, 0.15) is 77.2 Å². The lowest BCUT2D eigenvalue weighted by Gasteiger charge is -2.60. The summed E-state index contributed by atoms with van der Waals surface area (Å²) >= 11 is 0. The van der Waals surface area contributed by atoms with Gasteiger partial charge in [-0.15, -0.1) is 0 Å². The molecule has 1 aromatic rings. The molecule has 7 atom stereocenters. The Balaban J connectivity index is 1.18. The van der Waals surface area contributed by atoms with E-state index in [2.05, 4.69) is 17.2 Å². The maximum absolute atomic E-state index is 13.4. The van der Waals surface area contributed by atoms with Gasteiger partial charge in [-0.05, 0) is 79.4 Å². The predicted molar refractivity (Wildman–Crippen MR) is 144 cm³/mol. The lowest BCUT2D eigenvalue weighted by Crippen LogP contribution is -2.62. The Morgan fingerprint density at radius 2 is 1.95 bits per heavy atom. The van der Waals surface area contributed by atoms with Crippen molar-refractivity contribution in [1.82, 2.24) is 10.3 Å². The highest BCUT2D eigenvalue weighted by molar-refractivity contribution is 5.92. The van der Waals surface area contributed by atoms with Gasteiger partial charge in [0.2, 0.25) is 11.7 Å². The highest BCUT2D eigenvalue weighted by Crippen LogP contribution is 2.67. The number of carbonyl (C=O) groups excluding carboxylic acids is 4. The largest absolute Gasteiger partial charge is 0.458 e. The first kappa shape index (κ1) is 28.6. The molecule has 216 valence electrons. The molecule has 0 radical (unpaired) electrons. The fraction of sp³-hybridized carbons (Fsp3) is 0.645. The molecule has 9 nitrogen and oxygen atoms in total. The van der Waals surface area contributed by atoms with Gasteiger partial charge in [-0.1, -0.05) is 25.5 Å². The van der Waals surface area contributed by atoms with Gasteiger partial charge in [0, 0.05) is 37.2 Å². The summed E-state index contributed by atoms with van der Waals surface area (Å²) in [6.45, 7) is 3.80. The van der Waals surface area contributed by atoms with Crippen LogP contribution in [0.2, 0.25) is 0 Å². The van der Waals surface area contributed by atoms with E-state index in [-0.39, 0.29) is 60.5 Å². The van der Waals surface area contributed by atoms with Crippen molar-refractivity contribution in [3.05, 3.63) is 41.7 Å². The highest BCUT2D eigenvalue weighted by Gasteiger charge is 2.68. The van der Waals surface area contributed by atoms with E-state index in [1.165, 1.54) is 0 Å². The first-order valence-corrected chi connectivity index (χ1v) is 14.5. The normalized spacial score (nSPS) is 36.5. The number of hydrogen-bond donors (Lipinski definition) is 3. The number of hydrogen-bond acceptors (Lipinski definition) is 8. The van der Waals surface area contributed by atoms with Gasteiger partial charge >= 0.3 is 5.97 Å². The fourth-order valence-corrected chi connectivity index (χ4v) is 8.50. The molecular weight excluding hydrogens is 512 g/mol. The Kier molecular flexibility index (Phi) is 7.74. The number of pyridine rings is 1. The van der Waals surface area contributed by atoms with E-state index >= 15 is 0 Å². The number of amides is 1. The van der Waals surface area contributed by atoms with Gasteiger partial charge < -0.3 is 20.3 Å². The summed E-state index contributed by atoms with van der Waals surface area (Å²) in [6, 6.07) is 3.60. The lowest BCUT2D eigenvalue weighted by atomic mass is 9.45. The zero-order valence-corrected chi connectivity index (χ0v) is 23.4. The van der Waals surface area contributed by atoms with Crippen molar-refractivity contribution in [2.45, 2.75) is 89.9 Å². The van der Waals surface area contributed by atoms with Crippen LogP contribution in [0.25, 0.3) is 0 Å². The number of ketones is 2. The molecule has 0 saturated heterocycles. The molecule has 5 rings (SSSR count). The highest BCUT2D eigenvalue weighted by atomic mass is 16.5. The monoisotopic (exact) mass is 552 g/mol. The van der Waals surface area contributed by atoms with E-state index in [1.807, 2.05) is 13.0 Å². The molecule has 3 saturated carbocycles. The minimum Gasteiger partial charge on any atom is -0.458 e. The summed E-state index contributed by atoms with van der Waals surface area (Å²) in [5, 5.41) is 26.0. The van der Waals surface area contributed by atoms with Gasteiger partial charge in [-0.25, -0.2) is 0 Å². The number of nitrogens with one attached hydrogen (secondary N) is 1. The number of fused-ring (bicyclic) bond motifs is 5. The Morgan fingerprint density at radius 1 is 1.15 bits per heavy atom. The molecule has 0 bridgehead atoms. The number of aliphatic hydroxyl groups excluding tert-OH is 1. The third-order valence-corrected chi connectivity index (χ3v) is 10.6. The Morgan fingerprint density at radius 3 is 2.70 bits per heavy atom. The van der Waals surface area contributed by atoms with Crippen LogP contribution < -0.4 is 5.32 Å². The zero-order valence-electron chi connectivity index (χ0n) is 23.4. The molecule has 3 fully saturated rings. The number of allylic oxidation sites excluding steroid dienone is 1. The summed E-state index contributed by atoms with van der Waals surface area (Å²) in [4.78, 5) is 53.9. The molecule has 3 N–H and O–H groups in total. The number of rotatable bonds is 8. The summed E-state index contributed by atoms with van der Waals surface area (Å²) < 4.78 is 5.21. The first-order valence-electron chi connectivity index (χ1n) is 14.5. The smallest absolute Gasteiger partial charge is 0.306 e. The van der Waals surface area contributed by atoms with Gasteiger partial charge in [0.25, 0.3) is 0 Å². The molecule has 0 aliphatic heterocycles. The molecular formula is C31H40N2O7. The van der Waals surface area contributed by atoms with Crippen molar-refractivity contribution in [3.8, 4) is 0 Å². The number of Topliss-reactive ketones (excluding diaryl/α,β-unsaturated/α-hetero) is 1. The van der Waals surface area contributed by atoms with Gasteiger partial charge in [0.05, 0.1) is 12.5 Å². The summed E-state index contributed by atoms with van der Waals surface area (Å²) in [7, 11) is 0. The average molecular weight is 553 g/mol. The number of aliphatic hydroxyl groups is 2. The molecule has 40 heavy (non-hydrogen) atoms. The van der Waals surface area contributed by atoms with Crippen molar-refractivity contribution < 1.29 is 34.1 Å². The van der Waals surface area contributed by atoms with Crippen LogP contribution >= 0.6 is 0 Å².